The second-order valence-corrected chi connectivity index (χ2v) is 6.18. The first-order valence-corrected chi connectivity index (χ1v) is 10.2. The molecule has 1 aromatic carbocycles. The number of benzene rings is 1. The van der Waals surface area contributed by atoms with Crippen LogP contribution < -0.4 is 20.1 Å². The summed E-state index contributed by atoms with van der Waals surface area (Å²) in [5.74, 6) is 2.61. The van der Waals surface area contributed by atoms with E-state index >= 15 is 0 Å². The third-order valence-electron chi connectivity index (χ3n) is 3.86. The molecule has 0 radical (unpaired) electrons. The Balaban J connectivity index is 0.00000450. The number of rotatable bonds is 12. The number of pyridine rings is 1. The van der Waals surface area contributed by atoms with Crippen LogP contribution in [-0.4, -0.2) is 43.9 Å². The lowest BCUT2D eigenvalue weighted by molar-refractivity contribution is 0.152. The van der Waals surface area contributed by atoms with Crippen LogP contribution in [0.2, 0.25) is 0 Å². The van der Waals surface area contributed by atoms with Crippen LogP contribution in [0.1, 0.15) is 32.8 Å². The fraction of sp³-hybridized carbons (Fsp3) is 0.455. The maximum Gasteiger partial charge on any atom is 0.224 e. The zero-order valence-electron chi connectivity index (χ0n) is 18.0. The average Bonchev–Trinajstić information content (AvgIpc) is 2.75. The van der Waals surface area contributed by atoms with Crippen molar-refractivity contribution < 1.29 is 14.2 Å². The molecule has 0 aliphatic heterocycles. The summed E-state index contributed by atoms with van der Waals surface area (Å²) in [5, 5.41) is 6.49. The Labute approximate surface area is 196 Å². The maximum absolute atomic E-state index is 6.08. The molecule has 30 heavy (non-hydrogen) atoms. The SMILES string of the molecule is CCCOc1ccccc1Oc1ncccc1CN=C(NCC)NCCOCC.I. The minimum absolute atomic E-state index is 0. The standard InChI is InChI=1S/C22H32N4O3.HI/c1-4-15-28-19-11-7-8-12-20(19)29-21-18(10-9-13-24-21)17-26-22(23-5-2)25-14-16-27-6-3;/h7-13H,4-6,14-17H2,1-3H3,(H2,23,25,26);1H. The van der Waals surface area contributed by atoms with E-state index in [9.17, 15) is 0 Å². The molecule has 0 unspecified atom stereocenters. The van der Waals surface area contributed by atoms with Gasteiger partial charge in [0, 0.05) is 31.5 Å². The number of nitrogens with one attached hydrogen (secondary N) is 2. The van der Waals surface area contributed by atoms with Crippen LogP contribution in [0.15, 0.2) is 47.6 Å². The third kappa shape index (κ3) is 9.17. The molecule has 0 atom stereocenters. The van der Waals surface area contributed by atoms with Gasteiger partial charge in [-0.05, 0) is 38.5 Å². The first-order chi connectivity index (χ1) is 14.3. The molecule has 2 N–H and O–H groups in total. The second kappa shape index (κ2) is 15.7. The van der Waals surface area contributed by atoms with E-state index in [1.165, 1.54) is 0 Å². The number of hydrogen-bond donors (Lipinski definition) is 2. The fourth-order valence-electron chi connectivity index (χ4n) is 2.50. The topological polar surface area (TPSA) is 77.0 Å². The van der Waals surface area contributed by atoms with Gasteiger partial charge in [0.2, 0.25) is 5.88 Å². The lowest BCUT2D eigenvalue weighted by Gasteiger charge is -2.14. The normalized spacial score (nSPS) is 10.8. The molecule has 1 heterocycles. The van der Waals surface area contributed by atoms with Gasteiger partial charge < -0.3 is 24.8 Å². The van der Waals surface area contributed by atoms with Crippen LogP contribution in [0.4, 0.5) is 0 Å². The molecule has 0 spiro atoms. The molecule has 1 aromatic heterocycles. The molecule has 0 saturated heterocycles. The largest absolute Gasteiger partial charge is 0.490 e. The Hall–Kier alpha value is -2.07. The zero-order valence-corrected chi connectivity index (χ0v) is 20.3. The zero-order chi connectivity index (χ0) is 20.7. The van der Waals surface area contributed by atoms with Gasteiger partial charge in [-0.15, -0.1) is 24.0 Å². The summed E-state index contributed by atoms with van der Waals surface area (Å²) in [6.07, 6.45) is 2.64. The minimum Gasteiger partial charge on any atom is -0.490 e. The Morgan fingerprint density at radius 2 is 1.80 bits per heavy atom. The van der Waals surface area contributed by atoms with Crippen molar-refractivity contribution in [2.24, 2.45) is 4.99 Å². The van der Waals surface area contributed by atoms with Crippen LogP contribution >= 0.6 is 24.0 Å². The van der Waals surface area contributed by atoms with Crippen LogP contribution in [-0.2, 0) is 11.3 Å². The Morgan fingerprint density at radius 1 is 1.00 bits per heavy atom. The molecule has 0 aliphatic rings. The molecule has 7 nitrogen and oxygen atoms in total. The predicted molar refractivity (Wildman–Crippen MR) is 131 cm³/mol. The second-order valence-electron chi connectivity index (χ2n) is 6.18. The van der Waals surface area contributed by atoms with E-state index in [1.54, 1.807) is 6.20 Å². The molecule has 2 rings (SSSR count). The van der Waals surface area contributed by atoms with Gasteiger partial charge in [-0.25, -0.2) is 9.98 Å². The van der Waals surface area contributed by atoms with Crippen molar-refractivity contribution in [1.82, 2.24) is 15.6 Å². The summed E-state index contributed by atoms with van der Waals surface area (Å²) in [7, 11) is 0. The van der Waals surface area contributed by atoms with E-state index in [2.05, 4.69) is 27.5 Å². The molecule has 2 aromatic rings. The smallest absolute Gasteiger partial charge is 0.224 e. The van der Waals surface area contributed by atoms with Crippen molar-refractivity contribution in [2.45, 2.75) is 33.7 Å². The number of nitrogens with zero attached hydrogens (tertiary/aromatic N) is 2. The minimum atomic E-state index is 0. The van der Waals surface area contributed by atoms with Gasteiger partial charge in [0.05, 0.1) is 19.8 Å². The molecule has 166 valence electrons. The van der Waals surface area contributed by atoms with Gasteiger partial charge in [-0.1, -0.05) is 25.1 Å². The van der Waals surface area contributed by atoms with Gasteiger partial charge in [0.25, 0.3) is 0 Å². The number of para-hydroxylation sites is 2. The van der Waals surface area contributed by atoms with Crippen LogP contribution in [0.25, 0.3) is 0 Å². The molecular formula is C22H33IN4O3. The maximum atomic E-state index is 6.08. The molecule has 0 saturated carbocycles. The first-order valence-electron chi connectivity index (χ1n) is 10.2. The number of aromatic nitrogens is 1. The lowest BCUT2D eigenvalue weighted by atomic mass is 10.2. The van der Waals surface area contributed by atoms with Gasteiger partial charge >= 0.3 is 0 Å². The van der Waals surface area contributed by atoms with Crippen molar-refractivity contribution >= 4 is 29.9 Å². The monoisotopic (exact) mass is 528 g/mol. The molecule has 0 aliphatic carbocycles. The van der Waals surface area contributed by atoms with Crippen LogP contribution in [0.5, 0.6) is 17.4 Å². The fourth-order valence-corrected chi connectivity index (χ4v) is 2.50. The first kappa shape index (κ1) is 26.0. The highest BCUT2D eigenvalue weighted by atomic mass is 127. The van der Waals surface area contributed by atoms with Crippen molar-refractivity contribution in [3.63, 3.8) is 0 Å². The lowest BCUT2D eigenvalue weighted by Crippen LogP contribution is -2.39. The van der Waals surface area contributed by atoms with Crippen molar-refractivity contribution in [3.8, 4) is 17.4 Å². The van der Waals surface area contributed by atoms with Crippen LogP contribution in [0, 0.1) is 0 Å². The van der Waals surface area contributed by atoms with E-state index in [1.807, 2.05) is 50.2 Å². The van der Waals surface area contributed by atoms with E-state index in [-0.39, 0.29) is 24.0 Å². The predicted octanol–water partition coefficient (Wildman–Crippen LogP) is 4.37. The van der Waals surface area contributed by atoms with Crippen molar-refractivity contribution in [1.29, 1.82) is 0 Å². The molecule has 0 fully saturated rings. The summed E-state index contributed by atoms with van der Waals surface area (Å²) in [4.78, 5) is 9.04. The number of ether oxygens (including phenoxy) is 3. The number of guanidine groups is 1. The molecule has 0 amide bonds. The Bertz CT molecular complexity index is 759. The highest BCUT2D eigenvalue weighted by Crippen LogP contribution is 2.32. The Morgan fingerprint density at radius 3 is 2.53 bits per heavy atom. The summed E-state index contributed by atoms with van der Waals surface area (Å²) < 4.78 is 17.2. The van der Waals surface area contributed by atoms with Crippen molar-refractivity contribution in [2.75, 3.05) is 32.9 Å². The van der Waals surface area contributed by atoms with E-state index in [0.29, 0.717) is 50.3 Å². The Kier molecular flexibility index (Phi) is 13.6. The van der Waals surface area contributed by atoms with Gasteiger partial charge in [-0.3, -0.25) is 0 Å². The third-order valence-corrected chi connectivity index (χ3v) is 3.86. The van der Waals surface area contributed by atoms with Gasteiger partial charge in [-0.2, -0.15) is 0 Å². The highest BCUT2D eigenvalue weighted by molar-refractivity contribution is 14.0. The summed E-state index contributed by atoms with van der Waals surface area (Å²) in [6.45, 7) is 9.97. The van der Waals surface area contributed by atoms with E-state index < -0.39 is 0 Å². The van der Waals surface area contributed by atoms with E-state index in [4.69, 9.17) is 14.2 Å². The molecule has 0 bridgehead atoms. The number of halogens is 1. The quantitative estimate of drug-likeness (QED) is 0.185. The summed E-state index contributed by atoms with van der Waals surface area (Å²) >= 11 is 0. The highest BCUT2D eigenvalue weighted by Gasteiger charge is 2.10. The average molecular weight is 528 g/mol. The molecule has 8 heteroatoms. The van der Waals surface area contributed by atoms with Gasteiger partial charge in [0.1, 0.15) is 0 Å². The number of hydrogen-bond acceptors (Lipinski definition) is 5. The van der Waals surface area contributed by atoms with E-state index in [0.717, 1.165) is 24.5 Å². The summed E-state index contributed by atoms with van der Waals surface area (Å²) in [5.41, 5.74) is 0.889. The number of aliphatic imine (C=N–C) groups is 1. The van der Waals surface area contributed by atoms with Crippen LogP contribution in [0.3, 0.4) is 0 Å². The van der Waals surface area contributed by atoms with Gasteiger partial charge in [0.15, 0.2) is 17.5 Å². The van der Waals surface area contributed by atoms with Crippen molar-refractivity contribution in [3.05, 3.63) is 48.2 Å². The summed E-state index contributed by atoms with van der Waals surface area (Å²) in [6, 6.07) is 11.5. The molecular weight excluding hydrogens is 495 g/mol.